The Kier molecular flexibility index (Phi) is 11.2. The number of rotatable bonds is 3. The molecule has 0 fully saturated rings. The van der Waals surface area contributed by atoms with Gasteiger partial charge in [0.05, 0.1) is 26.4 Å². The maximum atomic E-state index is 13.3. The molecule has 53 heavy (non-hydrogen) atoms. The molecule has 0 saturated carbocycles. The Morgan fingerprint density at radius 3 is 1.45 bits per heavy atom. The van der Waals surface area contributed by atoms with Crippen molar-refractivity contribution < 1.29 is 22.7 Å². The SMILES string of the molecule is Cc1cc2c(cc1C)B(c1cccc(Cl)c1)OC2.Fc1ccc2c(c1)B(c1cccc(Cl)c1)OC2.[C-]#[N+]c1cccc(B2OCc3ccc(F)cc32)c1. The van der Waals surface area contributed by atoms with Gasteiger partial charge in [-0.2, -0.15) is 0 Å². The van der Waals surface area contributed by atoms with Gasteiger partial charge in [-0.3, -0.25) is 0 Å². The van der Waals surface area contributed by atoms with Crippen molar-refractivity contribution in [3.05, 3.63) is 182 Å². The second kappa shape index (κ2) is 16.1. The van der Waals surface area contributed by atoms with Gasteiger partial charge in [-0.1, -0.05) is 101 Å². The first-order chi connectivity index (χ1) is 25.7. The molecule has 0 aliphatic carbocycles. The van der Waals surface area contributed by atoms with Gasteiger partial charge in [0.1, 0.15) is 11.6 Å². The minimum atomic E-state index is -0.266. The molecule has 6 aromatic rings. The smallest absolute Gasteiger partial charge is 0.362 e. The Morgan fingerprint density at radius 2 is 0.962 bits per heavy atom. The molecule has 0 aromatic heterocycles. The number of aryl methyl sites for hydroxylation is 2. The molecular formula is C42H32B3Cl2F2NO3. The lowest BCUT2D eigenvalue weighted by Crippen LogP contribution is -2.41. The third-order valence-corrected chi connectivity index (χ3v) is 10.1. The standard InChI is InChI=1S/C15H14BClO.C14H9BFNO.C13H9BClFO/c1-10-6-12-9-18-16(15(12)7-11(10)2)13-4-3-5-14(17)8-13;1-17-13-4-2-3-11(7-13)15-14-8-12(16)6-5-10(14)9-18-15;15-11-3-1-2-10(6-11)14-13-7-12(16)5-4-9(13)8-17-14/h3-8H,9H2,1-2H3;2-8H,9H2;1-7H,8H2. The molecule has 0 saturated heterocycles. The molecule has 0 N–H and O–H groups in total. The highest BCUT2D eigenvalue weighted by Crippen LogP contribution is 2.18. The number of benzene rings is 6. The van der Waals surface area contributed by atoms with E-state index in [1.54, 1.807) is 24.3 Å². The van der Waals surface area contributed by atoms with Crippen LogP contribution in [0.3, 0.4) is 0 Å². The third kappa shape index (κ3) is 8.29. The summed E-state index contributed by atoms with van der Waals surface area (Å²) in [5.74, 6) is -0.494. The summed E-state index contributed by atoms with van der Waals surface area (Å²) in [6, 6.07) is 36.6. The highest BCUT2D eigenvalue weighted by molar-refractivity contribution is 6.82. The van der Waals surface area contributed by atoms with Gasteiger partial charge in [0.15, 0.2) is 5.69 Å². The fourth-order valence-electron chi connectivity index (χ4n) is 6.86. The summed E-state index contributed by atoms with van der Waals surface area (Å²) >= 11 is 12.0. The predicted molar refractivity (Wildman–Crippen MR) is 214 cm³/mol. The first kappa shape index (κ1) is 36.7. The summed E-state index contributed by atoms with van der Waals surface area (Å²) in [7, 11) is 0. The van der Waals surface area contributed by atoms with Crippen LogP contribution in [0.2, 0.25) is 10.0 Å². The fraction of sp³-hybridized carbons (Fsp3) is 0.119. The molecule has 4 nitrogen and oxygen atoms in total. The maximum absolute atomic E-state index is 13.3. The summed E-state index contributed by atoms with van der Waals surface area (Å²) in [6.45, 7) is 12.5. The number of halogens is 4. The monoisotopic (exact) mass is 739 g/mol. The van der Waals surface area contributed by atoms with Crippen molar-refractivity contribution in [1.82, 2.24) is 0 Å². The zero-order chi connectivity index (χ0) is 37.1. The molecule has 0 amide bonds. The zero-order valence-corrected chi connectivity index (χ0v) is 30.6. The zero-order valence-electron chi connectivity index (χ0n) is 29.1. The summed E-state index contributed by atoms with van der Waals surface area (Å²) in [4.78, 5) is 3.40. The van der Waals surface area contributed by atoms with Crippen LogP contribution in [0.4, 0.5) is 14.5 Å². The van der Waals surface area contributed by atoms with Gasteiger partial charge in [-0.05, 0) is 118 Å². The van der Waals surface area contributed by atoms with Gasteiger partial charge in [0.2, 0.25) is 0 Å². The predicted octanol–water partition coefficient (Wildman–Crippen LogP) is 6.72. The van der Waals surface area contributed by atoms with Crippen LogP contribution >= 0.6 is 23.2 Å². The topological polar surface area (TPSA) is 32.0 Å². The molecular weight excluding hydrogens is 708 g/mol. The number of fused-ring (bicyclic) bond motifs is 3. The van der Waals surface area contributed by atoms with Crippen LogP contribution in [0.1, 0.15) is 27.8 Å². The Labute approximate surface area is 319 Å². The molecule has 0 radical (unpaired) electrons. The molecule has 0 bridgehead atoms. The first-order valence-corrected chi connectivity index (χ1v) is 17.9. The van der Waals surface area contributed by atoms with E-state index in [-0.39, 0.29) is 32.4 Å². The highest BCUT2D eigenvalue weighted by Gasteiger charge is 2.32. The molecule has 9 rings (SSSR count). The largest absolute Gasteiger partial charge is 0.423 e. The minimum Gasteiger partial charge on any atom is -0.423 e. The van der Waals surface area contributed by atoms with E-state index < -0.39 is 0 Å². The second-order valence-corrected chi connectivity index (χ2v) is 14.1. The fourth-order valence-corrected chi connectivity index (χ4v) is 7.26. The van der Waals surface area contributed by atoms with Crippen molar-refractivity contribution in [3.63, 3.8) is 0 Å². The number of hydrogen-bond donors (Lipinski definition) is 0. The summed E-state index contributed by atoms with van der Waals surface area (Å²) in [5, 5.41) is 1.42. The quantitative estimate of drug-likeness (QED) is 0.149. The average molecular weight is 740 g/mol. The molecule has 11 heteroatoms. The van der Waals surface area contributed by atoms with E-state index >= 15 is 0 Å². The Hall–Kier alpha value is -4.68. The lowest BCUT2D eigenvalue weighted by Gasteiger charge is -2.09. The van der Waals surface area contributed by atoms with E-state index in [1.165, 1.54) is 46.4 Å². The summed E-state index contributed by atoms with van der Waals surface area (Å²) < 4.78 is 43.8. The van der Waals surface area contributed by atoms with Crippen molar-refractivity contribution in [1.29, 1.82) is 0 Å². The number of hydrogen-bond acceptors (Lipinski definition) is 3. The van der Waals surface area contributed by atoms with E-state index in [0.29, 0.717) is 30.5 Å². The molecule has 3 aliphatic heterocycles. The molecule has 6 aromatic carbocycles. The van der Waals surface area contributed by atoms with Crippen LogP contribution in [0, 0.1) is 32.1 Å². The van der Waals surface area contributed by atoms with Crippen LogP contribution in [0.15, 0.2) is 121 Å². The van der Waals surface area contributed by atoms with Gasteiger partial charge in [-0.15, -0.1) is 0 Å². The van der Waals surface area contributed by atoms with E-state index in [0.717, 1.165) is 43.5 Å². The van der Waals surface area contributed by atoms with Crippen molar-refractivity contribution in [2.24, 2.45) is 0 Å². The first-order valence-electron chi connectivity index (χ1n) is 17.2. The van der Waals surface area contributed by atoms with Gasteiger partial charge in [0, 0.05) is 10.0 Å². The van der Waals surface area contributed by atoms with Crippen molar-refractivity contribution in [2.75, 3.05) is 0 Å². The average Bonchev–Trinajstić information content (AvgIpc) is 3.89. The van der Waals surface area contributed by atoms with Crippen molar-refractivity contribution in [2.45, 2.75) is 33.7 Å². The molecule has 3 aliphatic rings. The van der Waals surface area contributed by atoms with Gasteiger partial charge < -0.3 is 14.0 Å². The molecule has 260 valence electrons. The molecule has 0 spiro atoms. The Bertz CT molecular complexity index is 2350. The highest BCUT2D eigenvalue weighted by atomic mass is 35.5. The second-order valence-electron chi connectivity index (χ2n) is 13.2. The van der Waals surface area contributed by atoms with Crippen LogP contribution in [-0.2, 0) is 33.8 Å². The summed E-state index contributed by atoms with van der Waals surface area (Å²) in [6.07, 6.45) is 0. The minimum absolute atomic E-state index is 0.0259. The molecule has 0 unspecified atom stereocenters. The van der Waals surface area contributed by atoms with E-state index in [9.17, 15) is 8.78 Å². The van der Waals surface area contributed by atoms with Crippen LogP contribution in [-0.4, -0.2) is 20.7 Å². The lowest BCUT2D eigenvalue weighted by molar-refractivity contribution is 0.337. The van der Waals surface area contributed by atoms with Crippen LogP contribution in [0.25, 0.3) is 4.85 Å². The normalized spacial score (nSPS) is 13.6. The van der Waals surface area contributed by atoms with E-state index in [1.807, 2.05) is 54.6 Å². The third-order valence-electron chi connectivity index (χ3n) is 9.64. The van der Waals surface area contributed by atoms with Crippen molar-refractivity contribution in [3.8, 4) is 0 Å². The van der Waals surface area contributed by atoms with Gasteiger partial charge in [-0.25, -0.2) is 13.6 Å². The molecule has 0 atom stereocenters. The van der Waals surface area contributed by atoms with Crippen LogP contribution < -0.4 is 32.8 Å². The van der Waals surface area contributed by atoms with E-state index in [2.05, 4.69) is 36.9 Å². The van der Waals surface area contributed by atoms with Gasteiger partial charge >= 0.3 is 20.7 Å². The maximum Gasteiger partial charge on any atom is 0.362 e. The summed E-state index contributed by atoms with van der Waals surface area (Å²) in [5.41, 5.74) is 12.6. The Balaban J connectivity index is 0.000000123. The molecule has 3 heterocycles. The Morgan fingerprint density at radius 1 is 0.528 bits per heavy atom. The lowest BCUT2D eigenvalue weighted by atomic mass is 9.55. The van der Waals surface area contributed by atoms with Crippen LogP contribution in [0.5, 0.6) is 0 Å². The number of nitrogens with zero attached hydrogens (tertiary/aromatic N) is 1. The van der Waals surface area contributed by atoms with Crippen molar-refractivity contribution >= 4 is 82.4 Å². The van der Waals surface area contributed by atoms with Gasteiger partial charge in [0.25, 0.3) is 0 Å². The van der Waals surface area contributed by atoms with E-state index in [4.69, 9.17) is 43.7 Å².